The van der Waals surface area contributed by atoms with E-state index in [9.17, 15) is 0 Å². The van der Waals surface area contributed by atoms with Crippen molar-refractivity contribution in [1.82, 2.24) is 14.3 Å². The summed E-state index contributed by atoms with van der Waals surface area (Å²) in [7, 11) is 1.74. The van der Waals surface area contributed by atoms with E-state index < -0.39 is 0 Å². The molecule has 0 aliphatic heterocycles. The molecule has 0 N–H and O–H groups in total. The summed E-state index contributed by atoms with van der Waals surface area (Å²) in [6.45, 7) is 3.58. The van der Waals surface area contributed by atoms with Gasteiger partial charge < -0.3 is 4.74 Å². The molecule has 0 fully saturated rings. The number of aromatic nitrogens is 2. The van der Waals surface area contributed by atoms with Crippen LogP contribution in [0.2, 0.25) is 0 Å². The molecule has 0 radical (unpaired) electrons. The van der Waals surface area contributed by atoms with Crippen LogP contribution in [0.4, 0.5) is 0 Å². The second-order valence-corrected chi connectivity index (χ2v) is 5.45. The van der Waals surface area contributed by atoms with Gasteiger partial charge in [0.2, 0.25) is 0 Å². The SMILES string of the molecule is COCCN(CCBr)Cc1cn2ccsc2n1. The van der Waals surface area contributed by atoms with Crippen LogP contribution in [-0.4, -0.2) is 46.4 Å². The van der Waals surface area contributed by atoms with Crippen LogP contribution in [0.3, 0.4) is 0 Å². The molecular weight excluding hydrogens is 302 g/mol. The molecule has 4 nitrogen and oxygen atoms in total. The monoisotopic (exact) mass is 317 g/mol. The van der Waals surface area contributed by atoms with Crippen LogP contribution >= 0.6 is 27.3 Å². The Labute approximate surface area is 113 Å². The van der Waals surface area contributed by atoms with Gasteiger partial charge in [-0.25, -0.2) is 4.98 Å². The maximum absolute atomic E-state index is 5.12. The molecule has 0 aliphatic carbocycles. The first kappa shape index (κ1) is 13.0. The lowest BCUT2D eigenvalue weighted by Crippen LogP contribution is -2.29. The van der Waals surface area contributed by atoms with Gasteiger partial charge in [0.25, 0.3) is 0 Å². The molecule has 0 aliphatic rings. The predicted molar refractivity (Wildman–Crippen MR) is 74.0 cm³/mol. The van der Waals surface area contributed by atoms with E-state index in [-0.39, 0.29) is 0 Å². The molecule has 2 aromatic heterocycles. The fourth-order valence-electron chi connectivity index (χ4n) is 1.69. The van der Waals surface area contributed by atoms with E-state index in [2.05, 4.69) is 36.4 Å². The molecular formula is C11H16BrN3OS. The van der Waals surface area contributed by atoms with Gasteiger partial charge in [-0.3, -0.25) is 9.30 Å². The quantitative estimate of drug-likeness (QED) is 0.734. The Kier molecular flexibility index (Phi) is 4.97. The van der Waals surface area contributed by atoms with Crippen LogP contribution in [0.15, 0.2) is 17.8 Å². The number of hydrogen-bond donors (Lipinski definition) is 0. The van der Waals surface area contributed by atoms with Crippen molar-refractivity contribution in [2.24, 2.45) is 0 Å². The number of rotatable bonds is 7. The summed E-state index contributed by atoms with van der Waals surface area (Å²) in [6.07, 6.45) is 4.14. The normalized spacial score (nSPS) is 11.7. The summed E-state index contributed by atoms with van der Waals surface area (Å²) < 4.78 is 7.19. The van der Waals surface area contributed by atoms with E-state index in [1.165, 1.54) is 0 Å². The highest BCUT2D eigenvalue weighted by Gasteiger charge is 2.08. The van der Waals surface area contributed by atoms with E-state index in [0.29, 0.717) is 0 Å². The third kappa shape index (κ3) is 3.51. The maximum atomic E-state index is 5.12. The number of methoxy groups -OCH3 is 1. The van der Waals surface area contributed by atoms with Crippen LogP contribution < -0.4 is 0 Å². The van der Waals surface area contributed by atoms with E-state index in [0.717, 1.165) is 42.2 Å². The molecule has 17 heavy (non-hydrogen) atoms. The Morgan fingerprint density at radius 3 is 3.12 bits per heavy atom. The third-order valence-corrected chi connectivity index (χ3v) is 3.67. The van der Waals surface area contributed by atoms with Crippen molar-refractivity contribution in [3.63, 3.8) is 0 Å². The van der Waals surface area contributed by atoms with E-state index in [4.69, 9.17) is 4.74 Å². The smallest absolute Gasteiger partial charge is 0.193 e. The molecule has 6 heteroatoms. The average molecular weight is 318 g/mol. The van der Waals surface area contributed by atoms with Crippen LogP contribution in [0.1, 0.15) is 5.69 Å². The summed E-state index contributed by atoms with van der Waals surface area (Å²) in [4.78, 5) is 7.99. The molecule has 0 amide bonds. The highest BCUT2D eigenvalue weighted by atomic mass is 79.9. The minimum atomic E-state index is 0.759. The van der Waals surface area contributed by atoms with Crippen molar-refractivity contribution in [3.05, 3.63) is 23.5 Å². The number of hydrogen-bond acceptors (Lipinski definition) is 4. The van der Waals surface area contributed by atoms with Crippen molar-refractivity contribution >= 4 is 32.2 Å². The minimum absolute atomic E-state index is 0.759. The molecule has 2 heterocycles. The zero-order chi connectivity index (χ0) is 12.1. The topological polar surface area (TPSA) is 29.8 Å². The molecule has 0 spiro atoms. The maximum Gasteiger partial charge on any atom is 0.193 e. The van der Waals surface area contributed by atoms with Crippen LogP contribution in [-0.2, 0) is 11.3 Å². The fraction of sp³-hybridized carbons (Fsp3) is 0.545. The van der Waals surface area contributed by atoms with E-state index in [1.807, 2.05) is 11.6 Å². The van der Waals surface area contributed by atoms with Crippen molar-refractivity contribution in [2.75, 3.05) is 32.1 Å². The largest absolute Gasteiger partial charge is 0.383 e. The highest BCUT2D eigenvalue weighted by Crippen LogP contribution is 2.12. The second-order valence-electron chi connectivity index (χ2n) is 3.78. The first-order chi connectivity index (χ1) is 8.33. The first-order valence-corrected chi connectivity index (χ1v) is 7.52. The lowest BCUT2D eigenvalue weighted by molar-refractivity contribution is 0.147. The van der Waals surface area contributed by atoms with E-state index >= 15 is 0 Å². The second kappa shape index (κ2) is 6.49. The summed E-state index contributed by atoms with van der Waals surface area (Å²) in [5.74, 6) is 0. The number of ether oxygens (including phenoxy) is 1. The zero-order valence-electron chi connectivity index (χ0n) is 9.80. The van der Waals surface area contributed by atoms with Crippen LogP contribution in [0, 0.1) is 0 Å². The van der Waals surface area contributed by atoms with Gasteiger partial charge in [-0.2, -0.15) is 0 Å². The Hall–Kier alpha value is -0.430. The number of halogens is 1. The number of nitrogens with zero attached hydrogens (tertiary/aromatic N) is 3. The standard InChI is InChI=1S/C11H16BrN3OS/c1-16-6-4-14(3-2-12)8-10-9-15-5-7-17-11(15)13-10/h5,7,9H,2-4,6,8H2,1H3. The summed E-state index contributed by atoms with van der Waals surface area (Å²) in [6, 6.07) is 0. The van der Waals surface area contributed by atoms with Crippen molar-refractivity contribution < 1.29 is 4.74 Å². The van der Waals surface area contributed by atoms with Gasteiger partial charge in [0, 0.05) is 49.8 Å². The van der Waals surface area contributed by atoms with Crippen LogP contribution in [0.5, 0.6) is 0 Å². The summed E-state index contributed by atoms with van der Waals surface area (Å²) >= 11 is 5.14. The van der Waals surface area contributed by atoms with Gasteiger partial charge in [0.15, 0.2) is 4.96 Å². The number of imidazole rings is 1. The number of thiazole rings is 1. The van der Waals surface area contributed by atoms with Gasteiger partial charge in [-0.15, -0.1) is 11.3 Å². The lowest BCUT2D eigenvalue weighted by Gasteiger charge is -2.19. The molecule has 0 unspecified atom stereocenters. The minimum Gasteiger partial charge on any atom is -0.383 e. The van der Waals surface area contributed by atoms with Gasteiger partial charge >= 0.3 is 0 Å². The van der Waals surface area contributed by atoms with Crippen molar-refractivity contribution in [1.29, 1.82) is 0 Å². The average Bonchev–Trinajstić information content (AvgIpc) is 2.86. The molecule has 0 saturated heterocycles. The van der Waals surface area contributed by atoms with Crippen molar-refractivity contribution in [3.8, 4) is 0 Å². The number of fused-ring (bicyclic) bond motifs is 1. The summed E-state index contributed by atoms with van der Waals surface area (Å²) in [5, 5.41) is 3.02. The van der Waals surface area contributed by atoms with Gasteiger partial charge in [-0.05, 0) is 0 Å². The van der Waals surface area contributed by atoms with Crippen molar-refractivity contribution in [2.45, 2.75) is 6.54 Å². The summed E-state index contributed by atoms with van der Waals surface area (Å²) in [5.41, 5.74) is 1.12. The fourth-order valence-corrected chi connectivity index (χ4v) is 2.91. The van der Waals surface area contributed by atoms with Crippen LogP contribution in [0.25, 0.3) is 4.96 Å². The molecule has 2 rings (SSSR count). The molecule has 2 aromatic rings. The predicted octanol–water partition coefficient (Wildman–Crippen LogP) is 2.24. The zero-order valence-corrected chi connectivity index (χ0v) is 12.2. The van der Waals surface area contributed by atoms with Gasteiger partial charge in [0.1, 0.15) is 0 Å². The lowest BCUT2D eigenvalue weighted by atomic mass is 10.4. The third-order valence-electron chi connectivity index (χ3n) is 2.54. The Balaban J connectivity index is 1.98. The molecule has 94 valence electrons. The molecule has 0 saturated carbocycles. The van der Waals surface area contributed by atoms with E-state index in [1.54, 1.807) is 18.4 Å². The van der Waals surface area contributed by atoms with Gasteiger partial charge in [-0.1, -0.05) is 15.9 Å². The molecule has 0 atom stereocenters. The van der Waals surface area contributed by atoms with Gasteiger partial charge in [0.05, 0.1) is 12.3 Å². The molecule has 0 aromatic carbocycles. The first-order valence-electron chi connectivity index (χ1n) is 5.52. The molecule has 0 bridgehead atoms. The Bertz CT molecular complexity index is 428. The Morgan fingerprint density at radius 1 is 1.53 bits per heavy atom. The Morgan fingerprint density at radius 2 is 2.41 bits per heavy atom. The highest BCUT2D eigenvalue weighted by molar-refractivity contribution is 9.09. The number of alkyl halides is 1.